The first-order chi connectivity index (χ1) is 12.2. The van der Waals surface area contributed by atoms with Gasteiger partial charge in [0.1, 0.15) is 11.3 Å². The highest BCUT2D eigenvalue weighted by atomic mass is 35.5. The van der Waals surface area contributed by atoms with Gasteiger partial charge >= 0.3 is 0 Å². The van der Waals surface area contributed by atoms with E-state index in [1.165, 1.54) is 6.07 Å². The number of nitrogens with one attached hydrogen (secondary N) is 1. The van der Waals surface area contributed by atoms with Crippen LogP contribution in [0.3, 0.4) is 0 Å². The van der Waals surface area contributed by atoms with Crippen LogP contribution in [0.4, 0.5) is 4.39 Å². The highest BCUT2D eigenvalue weighted by Gasteiger charge is 2.67. The van der Waals surface area contributed by atoms with Gasteiger partial charge < -0.3 is 15.1 Å². The number of rotatable bonds is 4. The summed E-state index contributed by atoms with van der Waals surface area (Å²) in [4.78, 5) is 16.6. The van der Waals surface area contributed by atoms with Crippen molar-refractivity contribution in [3.8, 4) is 0 Å². The van der Waals surface area contributed by atoms with Crippen LogP contribution in [0.15, 0.2) is 29.6 Å². The minimum absolute atomic E-state index is 0.00354. The maximum absolute atomic E-state index is 14.5. The number of carbonyl (C=O) groups is 1. The van der Waals surface area contributed by atoms with E-state index in [1.807, 2.05) is 20.9 Å². The number of allylic oxidation sites excluding steroid dienone is 1. The summed E-state index contributed by atoms with van der Waals surface area (Å²) in [7, 11) is 1.96. The predicted molar refractivity (Wildman–Crippen MR) is 103 cm³/mol. The van der Waals surface area contributed by atoms with Gasteiger partial charge in [0.15, 0.2) is 0 Å². The van der Waals surface area contributed by atoms with E-state index in [1.54, 1.807) is 12.1 Å². The molecular weight excluding hydrogens is 373 g/mol. The van der Waals surface area contributed by atoms with Crippen molar-refractivity contribution in [3.05, 3.63) is 46.0 Å². The fourth-order valence-corrected chi connectivity index (χ4v) is 5.05. The molecule has 7 heteroatoms. The molecule has 1 aliphatic carbocycles. The van der Waals surface area contributed by atoms with E-state index >= 15 is 0 Å². The number of hydrogen-bond donors (Lipinski definition) is 2. The van der Waals surface area contributed by atoms with Gasteiger partial charge in [-0.05, 0) is 44.0 Å². The molecule has 4 nitrogen and oxygen atoms in total. The van der Waals surface area contributed by atoms with E-state index in [2.05, 4.69) is 15.1 Å². The fourth-order valence-electron chi connectivity index (χ4n) is 4.53. The van der Waals surface area contributed by atoms with Gasteiger partial charge in [0.25, 0.3) is 0 Å². The Morgan fingerprint density at radius 2 is 2.23 bits per heavy atom. The lowest BCUT2D eigenvalue weighted by Gasteiger charge is -2.29. The second kappa shape index (κ2) is 6.06. The van der Waals surface area contributed by atoms with Crippen molar-refractivity contribution in [2.75, 3.05) is 13.6 Å². The zero-order valence-corrected chi connectivity index (χ0v) is 16.7. The molecule has 2 fully saturated rings. The molecule has 1 aromatic carbocycles. The van der Waals surface area contributed by atoms with Gasteiger partial charge in [-0.2, -0.15) is 0 Å². The molecule has 3 aliphatic rings. The molecular formula is C19H23ClFN3OS. The zero-order chi connectivity index (χ0) is 18.8. The number of thiol groups is 1. The van der Waals surface area contributed by atoms with Crippen LogP contribution in [0.2, 0.25) is 5.02 Å². The Morgan fingerprint density at radius 1 is 1.50 bits per heavy atom. The largest absolute Gasteiger partial charge is 0.354 e. The summed E-state index contributed by atoms with van der Waals surface area (Å²) in [6.45, 7) is 4.61. The molecule has 4 rings (SSSR count). The lowest BCUT2D eigenvalue weighted by Crippen LogP contribution is -2.37. The zero-order valence-electron chi connectivity index (χ0n) is 15.1. The van der Waals surface area contributed by atoms with Crippen LogP contribution < -0.4 is 5.32 Å². The summed E-state index contributed by atoms with van der Waals surface area (Å²) in [5.74, 6) is 0.0163. The highest BCUT2D eigenvalue weighted by Crippen LogP contribution is 2.67. The van der Waals surface area contributed by atoms with Crippen LogP contribution in [0.5, 0.6) is 0 Å². The van der Waals surface area contributed by atoms with Gasteiger partial charge in [-0.15, -0.1) is 12.6 Å². The minimum atomic E-state index is -0.244. The van der Waals surface area contributed by atoms with E-state index < -0.39 is 0 Å². The van der Waals surface area contributed by atoms with Crippen molar-refractivity contribution < 1.29 is 9.18 Å². The summed E-state index contributed by atoms with van der Waals surface area (Å²) in [5.41, 5.74) is 2.46. The molecule has 0 radical (unpaired) electrons. The molecule has 0 aromatic heterocycles. The lowest BCUT2D eigenvalue weighted by atomic mass is 9.94. The van der Waals surface area contributed by atoms with Crippen LogP contribution >= 0.6 is 24.2 Å². The van der Waals surface area contributed by atoms with Gasteiger partial charge in [0, 0.05) is 47.4 Å². The predicted octanol–water partition coefficient (Wildman–Crippen LogP) is 3.34. The van der Waals surface area contributed by atoms with E-state index in [0.29, 0.717) is 23.6 Å². The Hall–Kier alpha value is -1.40. The van der Waals surface area contributed by atoms with E-state index in [4.69, 9.17) is 24.2 Å². The Morgan fingerprint density at radius 3 is 2.92 bits per heavy atom. The Labute approximate surface area is 163 Å². The van der Waals surface area contributed by atoms with Crippen molar-refractivity contribution in [1.82, 2.24) is 15.1 Å². The van der Waals surface area contributed by atoms with Gasteiger partial charge in [0.2, 0.25) is 5.91 Å². The van der Waals surface area contributed by atoms with Crippen molar-refractivity contribution >= 4 is 30.1 Å². The summed E-state index contributed by atoms with van der Waals surface area (Å²) in [6.07, 6.45) is 1.21. The molecule has 1 amide bonds. The minimum Gasteiger partial charge on any atom is -0.354 e. The average Bonchev–Trinajstić information content (AvgIpc) is 3.12. The number of carbonyl (C=O) groups excluding carboxylic acids is 1. The summed E-state index contributed by atoms with van der Waals surface area (Å²) >= 11 is 10.9. The molecule has 1 N–H and O–H groups in total. The quantitative estimate of drug-likeness (QED) is 0.767. The van der Waals surface area contributed by atoms with Crippen molar-refractivity contribution in [2.24, 2.45) is 5.92 Å². The van der Waals surface area contributed by atoms with Crippen LogP contribution in [-0.2, 0) is 10.2 Å². The first-order valence-electron chi connectivity index (χ1n) is 8.90. The van der Waals surface area contributed by atoms with Crippen LogP contribution in [0.25, 0.3) is 0 Å². The Balaban J connectivity index is 1.68. The summed E-state index contributed by atoms with van der Waals surface area (Å²) in [5, 5.41) is 3.50. The summed E-state index contributed by atoms with van der Waals surface area (Å²) in [6, 6.07) is 4.88. The molecule has 3 atom stereocenters. The van der Waals surface area contributed by atoms with Crippen molar-refractivity contribution in [2.45, 2.75) is 43.6 Å². The number of benzene rings is 1. The third-order valence-corrected chi connectivity index (χ3v) is 6.62. The highest BCUT2D eigenvalue weighted by molar-refractivity contribution is 7.80. The molecule has 1 saturated heterocycles. The van der Waals surface area contributed by atoms with E-state index in [9.17, 15) is 9.18 Å². The Bertz CT molecular complexity index is 814. The Kier molecular flexibility index (Phi) is 4.19. The molecule has 140 valence electrons. The van der Waals surface area contributed by atoms with E-state index in [0.717, 1.165) is 17.8 Å². The molecule has 1 unspecified atom stereocenters. The summed E-state index contributed by atoms with van der Waals surface area (Å²) < 4.78 is 14.5. The molecule has 1 aromatic rings. The number of fused-ring (bicyclic) bond motifs is 3. The van der Waals surface area contributed by atoms with Crippen molar-refractivity contribution in [1.29, 1.82) is 0 Å². The van der Waals surface area contributed by atoms with Gasteiger partial charge in [0.05, 0.1) is 6.42 Å². The van der Waals surface area contributed by atoms with Gasteiger partial charge in [-0.25, -0.2) is 4.39 Å². The topological polar surface area (TPSA) is 35.6 Å². The third kappa shape index (κ3) is 2.61. The van der Waals surface area contributed by atoms with Gasteiger partial charge in [-0.1, -0.05) is 11.6 Å². The average molecular weight is 396 g/mol. The maximum atomic E-state index is 14.5. The smallest absolute Gasteiger partial charge is 0.226 e. The van der Waals surface area contributed by atoms with Crippen molar-refractivity contribution in [3.63, 3.8) is 0 Å². The number of nitrogens with zero attached hydrogens (tertiary/aromatic N) is 2. The SMILES string of the molecule is CC(C)NC(=O)CC1=C2[C@@H]3C[C@]3(c3cc(Cl)ccc3F)CN2C(S)N1C. The number of piperidine rings is 1. The van der Waals surface area contributed by atoms with Crippen LogP contribution in [0.1, 0.15) is 32.3 Å². The first-order valence-corrected chi connectivity index (χ1v) is 9.79. The number of hydrogen-bond acceptors (Lipinski definition) is 4. The normalized spacial score (nSPS) is 29.3. The van der Waals surface area contributed by atoms with Crippen LogP contribution in [-0.4, -0.2) is 40.8 Å². The number of amides is 1. The third-order valence-electron chi connectivity index (χ3n) is 5.76. The lowest BCUT2D eigenvalue weighted by molar-refractivity contribution is -0.121. The van der Waals surface area contributed by atoms with Crippen LogP contribution in [0, 0.1) is 11.7 Å². The second-order valence-electron chi connectivity index (χ2n) is 7.85. The molecule has 2 heterocycles. The molecule has 0 bridgehead atoms. The second-order valence-corrected chi connectivity index (χ2v) is 8.75. The maximum Gasteiger partial charge on any atom is 0.226 e. The molecule has 26 heavy (non-hydrogen) atoms. The number of halogens is 2. The van der Waals surface area contributed by atoms with E-state index in [-0.39, 0.29) is 34.6 Å². The standard InChI is InChI=1S/C19H23ClFN3OS/c1-10(2)22-16(25)7-15-17-13-8-19(13,9-24(17)18(26)23(15)3)12-6-11(20)4-5-14(12)21/h4-6,10,13,18,26H,7-9H2,1-3H3,(H,22,25)/t13-,18?,19+/m0/s1. The molecule has 1 saturated carbocycles. The fraction of sp³-hybridized carbons (Fsp3) is 0.526. The molecule has 2 aliphatic heterocycles. The molecule has 0 spiro atoms. The first kappa shape index (κ1) is 18.0. The van der Waals surface area contributed by atoms with Gasteiger partial charge in [-0.3, -0.25) is 4.79 Å². The monoisotopic (exact) mass is 395 g/mol.